The molecular weight excluding hydrogens is 234 g/mol. The first-order valence-corrected chi connectivity index (χ1v) is 5.78. The number of aromatic hydroxyl groups is 1. The van der Waals surface area contributed by atoms with E-state index in [0.29, 0.717) is 11.8 Å². The summed E-state index contributed by atoms with van der Waals surface area (Å²) in [7, 11) is 0. The van der Waals surface area contributed by atoms with Crippen molar-refractivity contribution in [3.63, 3.8) is 0 Å². The van der Waals surface area contributed by atoms with Crippen LogP contribution in [0.5, 0.6) is 5.75 Å². The van der Waals surface area contributed by atoms with Crippen molar-refractivity contribution in [2.75, 3.05) is 0 Å². The Morgan fingerprint density at radius 3 is 2.78 bits per heavy atom. The number of nitrogens with zero attached hydrogens (tertiary/aromatic N) is 1. The van der Waals surface area contributed by atoms with E-state index in [1.54, 1.807) is 0 Å². The number of hydrogen-bond donors (Lipinski definition) is 1. The second-order valence-electron chi connectivity index (χ2n) is 4.12. The summed E-state index contributed by atoms with van der Waals surface area (Å²) in [5, 5.41) is 13.1. The predicted octanol–water partition coefficient (Wildman–Crippen LogP) is 3.24. The summed E-state index contributed by atoms with van der Waals surface area (Å²) in [5.41, 5.74) is 0.480. The van der Waals surface area contributed by atoms with Crippen molar-refractivity contribution in [3.8, 4) is 5.75 Å². The van der Waals surface area contributed by atoms with E-state index in [1.807, 2.05) is 6.92 Å². The highest BCUT2D eigenvalue weighted by atomic mass is 16.4. The molecule has 5 heteroatoms. The van der Waals surface area contributed by atoms with Crippen LogP contribution in [0.25, 0.3) is 11.0 Å². The minimum Gasteiger partial charge on any atom is -0.507 e. The van der Waals surface area contributed by atoms with Crippen LogP contribution in [-0.2, 0) is 6.42 Å². The largest absolute Gasteiger partial charge is 0.507 e. The molecule has 0 atom stereocenters. The van der Waals surface area contributed by atoms with Crippen molar-refractivity contribution < 1.29 is 9.52 Å². The lowest BCUT2D eigenvalue weighted by Crippen LogP contribution is -2.01. The molecule has 1 heterocycles. The van der Waals surface area contributed by atoms with Crippen LogP contribution in [0.2, 0.25) is 0 Å². The zero-order valence-corrected chi connectivity index (χ0v) is 9.97. The predicted molar refractivity (Wildman–Crippen MR) is 68.2 cm³/mol. The monoisotopic (exact) mass is 247 g/mol. The third kappa shape index (κ3) is 2.25. The number of benzene rings is 1. The molecule has 1 aromatic heterocycles. The molecule has 0 aliphatic rings. The Labute approximate surface area is 103 Å². The van der Waals surface area contributed by atoms with Gasteiger partial charge in [0.1, 0.15) is 17.0 Å². The second kappa shape index (κ2) is 5.00. The van der Waals surface area contributed by atoms with E-state index in [9.17, 15) is 14.8 Å². The minimum atomic E-state index is -0.490. The molecule has 0 fully saturated rings. The van der Waals surface area contributed by atoms with Gasteiger partial charge in [-0.25, -0.2) is 4.79 Å². The van der Waals surface area contributed by atoms with Crippen LogP contribution in [0, 0.1) is 4.91 Å². The Morgan fingerprint density at radius 2 is 2.11 bits per heavy atom. The average Bonchev–Trinajstić information content (AvgIpc) is 2.34. The third-order valence-electron chi connectivity index (χ3n) is 2.79. The van der Waals surface area contributed by atoms with Crippen molar-refractivity contribution in [1.82, 2.24) is 0 Å². The average molecular weight is 247 g/mol. The van der Waals surface area contributed by atoms with Gasteiger partial charge in [-0.15, -0.1) is 4.91 Å². The fourth-order valence-electron chi connectivity index (χ4n) is 1.96. The van der Waals surface area contributed by atoms with Gasteiger partial charge in [-0.05, 0) is 23.6 Å². The van der Waals surface area contributed by atoms with Crippen LogP contribution in [-0.4, -0.2) is 5.11 Å². The van der Waals surface area contributed by atoms with Gasteiger partial charge in [-0.3, -0.25) is 0 Å². The van der Waals surface area contributed by atoms with Crippen molar-refractivity contribution in [3.05, 3.63) is 39.1 Å². The number of aryl methyl sites for hydroxylation is 1. The lowest BCUT2D eigenvalue weighted by atomic mass is 10.0. The summed E-state index contributed by atoms with van der Waals surface area (Å²) in [6.45, 7) is 2.04. The molecule has 2 aromatic rings. The lowest BCUT2D eigenvalue weighted by molar-refractivity contribution is 0.478. The highest BCUT2D eigenvalue weighted by Crippen LogP contribution is 2.32. The third-order valence-corrected chi connectivity index (χ3v) is 2.79. The normalized spacial score (nSPS) is 10.7. The van der Waals surface area contributed by atoms with Gasteiger partial charge in [0, 0.05) is 18.2 Å². The fraction of sp³-hybridized carbons (Fsp3) is 0.308. The van der Waals surface area contributed by atoms with Gasteiger partial charge in [0.2, 0.25) is 0 Å². The number of phenols is 1. The maximum absolute atomic E-state index is 11.4. The van der Waals surface area contributed by atoms with Crippen molar-refractivity contribution in [1.29, 1.82) is 0 Å². The van der Waals surface area contributed by atoms with Crippen LogP contribution in [0.1, 0.15) is 25.3 Å². The van der Waals surface area contributed by atoms with Crippen LogP contribution in [0.4, 0.5) is 5.69 Å². The molecule has 18 heavy (non-hydrogen) atoms. The topological polar surface area (TPSA) is 79.9 Å². The van der Waals surface area contributed by atoms with Gasteiger partial charge in [0.15, 0.2) is 0 Å². The summed E-state index contributed by atoms with van der Waals surface area (Å²) in [6, 6.07) is 4.01. The Hall–Kier alpha value is -2.17. The van der Waals surface area contributed by atoms with E-state index < -0.39 is 5.63 Å². The molecule has 1 N–H and O–H groups in total. The first-order chi connectivity index (χ1) is 8.65. The van der Waals surface area contributed by atoms with E-state index in [1.165, 1.54) is 18.2 Å². The molecule has 0 spiro atoms. The van der Waals surface area contributed by atoms with Crippen molar-refractivity contribution in [2.45, 2.75) is 26.2 Å². The summed E-state index contributed by atoms with van der Waals surface area (Å²) in [4.78, 5) is 21.9. The van der Waals surface area contributed by atoms with Gasteiger partial charge in [-0.2, -0.15) is 0 Å². The Balaban J connectivity index is 2.70. The smallest absolute Gasteiger partial charge is 0.336 e. The first-order valence-electron chi connectivity index (χ1n) is 5.78. The number of hydrogen-bond acceptors (Lipinski definition) is 5. The van der Waals surface area contributed by atoms with Crippen molar-refractivity contribution >= 4 is 16.7 Å². The molecule has 5 nitrogen and oxygen atoms in total. The molecule has 0 unspecified atom stereocenters. The quantitative estimate of drug-likeness (QED) is 0.664. The van der Waals surface area contributed by atoms with Crippen LogP contribution in [0.3, 0.4) is 0 Å². The molecule has 0 saturated carbocycles. The second-order valence-corrected chi connectivity index (χ2v) is 4.12. The van der Waals surface area contributed by atoms with E-state index >= 15 is 0 Å². The number of rotatable bonds is 4. The molecule has 0 radical (unpaired) electrons. The van der Waals surface area contributed by atoms with Crippen LogP contribution in [0.15, 0.2) is 32.6 Å². The van der Waals surface area contributed by atoms with Gasteiger partial charge in [0.25, 0.3) is 0 Å². The standard InChI is InChI=1S/C13H13NO4/c1-2-3-4-8-5-12(16)18-11-7-9(14-17)6-10(15)13(8)11/h5-7,15H,2-4H2,1H3. The van der Waals surface area contributed by atoms with E-state index in [4.69, 9.17) is 4.42 Å². The molecule has 2 rings (SSSR count). The number of phenolic OH excluding ortho intramolecular Hbond substituents is 1. The van der Waals surface area contributed by atoms with Crippen molar-refractivity contribution in [2.24, 2.45) is 5.18 Å². The number of unbranched alkanes of at least 4 members (excludes halogenated alkanes) is 1. The fourth-order valence-corrected chi connectivity index (χ4v) is 1.96. The molecule has 94 valence electrons. The molecule has 0 aliphatic carbocycles. The number of nitroso groups, excluding NO2 is 1. The molecule has 0 bridgehead atoms. The maximum atomic E-state index is 11.4. The Kier molecular flexibility index (Phi) is 3.41. The highest BCUT2D eigenvalue weighted by Gasteiger charge is 2.11. The van der Waals surface area contributed by atoms with E-state index in [2.05, 4.69) is 5.18 Å². The molecule has 1 aromatic carbocycles. The SMILES string of the molecule is CCCCc1cc(=O)oc2cc(N=O)cc(O)c12. The Bertz CT molecular complexity index is 645. The number of fused-ring (bicyclic) bond motifs is 1. The zero-order valence-electron chi connectivity index (χ0n) is 9.97. The van der Waals surface area contributed by atoms with Gasteiger partial charge >= 0.3 is 5.63 Å². The molecule has 0 aliphatic heterocycles. The summed E-state index contributed by atoms with van der Waals surface area (Å²) in [5.74, 6) is -0.0862. The summed E-state index contributed by atoms with van der Waals surface area (Å²) >= 11 is 0. The summed E-state index contributed by atoms with van der Waals surface area (Å²) < 4.78 is 4.99. The van der Waals surface area contributed by atoms with E-state index in [0.717, 1.165) is 18.4 Å². The maximum Gasteiger partial charge on any atom is 0.336 e. The summed E-state index contributed by atoms with van der Waals surface area (Å²) in [6.07, 6.45) is 2.57. The minimum absolute atomic E-state index is 0.0378. The lowest BCUT2D eigenvalue weighted by Gasteiger charge is -2.06. The first kappa shape index (κ1) is 12.3. The molecule has 0 amide bonds. The molecule has 0 saturated heterocycles. The highest BCUT2D eigenvalue weighted by molar-refractivity contribution is 5.89. The Morgan fingerprint density at radius 1 is 1.33 bits per heavy atom. The van der Waals surface area contributed by atoms with Gasteiger partial charge in [-0.1, -0.05) is 13.3 Å². The van der Waals surface area contributed by atoms with Gasteiger partial charge < -0.3 is 9.52 Å². The van der Waals surface area contributed by atoms with E-state index in [-0.39, 0.29) is 17.0 Å². The van der Waals surface area contributed by atoms with Crippen LogP contribution < -0.4 is 5.63 Å². The van der Waals surface area contributed by atoms with Crippen LogP contribution >= 0.6 is 0 Å². The zero-order chi connectivity index (χ0) is 13.1. The van der Waals surface area contributed by atoms with Gasteiger partial charge in [0.05, 0.1) is 5.39 Å². The molecular formula is C13H13NO4.